The van der Waals surface area contributed by atoms with Gasteiger partial charge in [-0.3, -0.25) is 9.88 Å². The van der Waals surface area contributed by atoms with Crippen molar-refractivity contribution < 1.29 is 5.11 Å². The molecule has 2 heterocycles. The van der Waals surface area contributed by atoms with E-state index in [9.17, 15) is 5.11 Å². The minimum atomic E-state index is -0.320. The first-order valence-electron chi connectivity index (χ1n) is 5.48. The van der Waals surface area contributed by atoms with Gasteiger partial charge < -0.3 is 5.11 Å². The van der Waals surface area contributed by atoms with Crippen LogP contribution >= 0.6 is 0 Å². The Morgan fingerprint density at radius 2 is 2.27 bits per heavy atom. The molecule has 1 N–H and O–H groups in total. The van der Waals surface area contributed by atoms with Gasteiger partial charge in [-0.1, -0.05) is 6.07 Å². The second-order valence-electron chi connectivity index (χ2n) is 4.45. The summed E-state index contributed by atoms with van der Waals surface area (Å²) in [5, 5.41) is 9.89. The number of nitrogens with zero attached hydrogens (tertiary/aromatic N) is 2. The van der Waals surface area contributed by atoms with Crippen molar-refractivity contribution in [3.05, 3.63) is 30.1 Å². The minimum Gasteiger partial charge on any atom is -0.378 e. The third-order valence-electron chi connectivity index (χ3n) is 3.44. The van der Waals surface area contributed by atoms with E-state index in [2.05, 4.69) is 18.0 Å². The molecule has 1 aliphatic rings. The van der Waals surface area contributed by atoms with E-state index in [1.165, 1.54) is 5.56 Å². The van der Waals surface area contributed by atoms with Crippen LogP contribution in [0.3, 0.4) is 0 Å². The Morgan fingerprint density at radius 3 is 2.87 bits per heavy atom. The third-order valence-corrected chi connectivity index (χ3v) is 3.44. The maximum absolute atomic E-state index is 9.89. The van der Waals surface area contributed by atoms with E-state index in [0.717, 1.165) is 12.8 Å². The topological polar surface area (TPSA) is 36.4 Å². The van der Waals surface area contributed by atoms with Gasteiger partial charge in [-0.15, -0.1) is 0 Å². The van der Waals surface area contributed by atoms with Crippen molar-refractivity contribution >= 4 is 0 Å². The van der Waals surface area contributed by atoms with E-state index in [4.69, 9.17) is 0 Å². The molecule has 3 nitrogen and oxygen atoms in total. The second kappa shape index (κ2) is 4.29. The number of hydrogen-bond acceptors (Lipinski definition) is 3. The monoisotopic (exact) mass is 206 g/mol. The van der Waals surface area contributed by atoms with E-state index in [1.54, 1.807) is 6.20 Å². The Bertz CT molecular complexity index is 303. The van der Waals surface area contributed by atoms with Crippen LogP contribution in [0.25, 0.3) is 0 Å². The summed E-state index contributed by atoms with van der Waals surface area (Å²) in [6.07, 6.45) is 5.29. The molecule has 1 aliphatic heterocycles. The van der Waals surface area contributed by atoms with Crippen molar-refractivity contribution in [2.24, 2.45) is 0 Å². The smallest absolute Gasteiger partial charge is 0.107 e. The summed E-state index contributed by atoms with van der Waals surface area (Å²) in [7, 11) is 1.98. The van der Waals surface area contributed by atoms with Gasteiger partial charge in [0.25, 0.3) is 0 Å². The van der Waals surface area contributed by atoms with Gasteiger partial charge >= 0.3 is 0 Å². The van der Waals surface area contributed by atoms with Crippen molar-refractivity contribution in [1.29, 1.82) is 0 Å². The number of aromatic nitrogens is 1. The Labute approximate surface area is 90.8 Å². The highest BCUT2D eigenvalue weighted by Crippen LogP contribution is 2.32. The Kier molecular flexibility index (Phi) is 3.03. The Hall–Kier alpha value is -0.930. The van der Waals surface area contributed by atoms with Crippen molar-refractivity contribution in [3.63, 3.8) is 0 Å². The number of piperidine rings is 1. The molecule has 0 spiro atoms. The Balaban J connectivity index is 2.13. The van der Waals surface area contributed by atoms with Gasteiger partial charge in [-0.05, 0) is 44.4 Å². The van der Waals surface area contributed by atoms with E-state index in [-0.39, 0.29) is 6.23 Å². The molecule has 0 aromatic carbocycles. The maximum atomic E-state index is 9.89. The van der Waals surface area contributed by atoms with Gasteiger partial charge in [0.1, 0.15) is 6.23 Å². The molecule has 15 heavy (non-hydrogen) atoms. The summed E-state index contributed by atoms with van der Waals surface area (Å²) in [5.41, 5.74) is 1.25. The summed E-state index contributed by atoms with van der Waals surface area (Å²) in [5.74, 6) is 0.444. The molecule has 0 radical (unpaired) electrons. The fourth-order valence-electron chi connectivity index (χ4n) is 2.28. The average molecular weight is 206 g/mol. The number of aliphatic hydroxyl groups excluding tert-OH is 1. The molecule has 0 bridgehead atoms. The molecular formula is C12H18N2O. The normalized spacial score (nSPS) is 32.9. The summed E-state index contributed by atoms with van der Waals surface area (Å²) < 4.78 is 0. The molecule has 2 rings (SSSR count). The molecule has 0 amide bonds. The molecular weight excluding hydrogens is 188 g/mol. The van der Waals surface area contributed by atoms with Crippen LogP contribution in [0, 0.1) is 0 Å². The quantitative estimate of drug-likeness (QED) is 0.758. The molecule has 1 aromatic heterocycles. The highest BCUT2D eigenvalue weighted by molar-refractivity contribution is 5.16. The van der Waals surface area contributed by atoms with Crippen molar-refractivity contribution in [1.82, 2.24) is 9.88 Å². The van der Waals surface area contributed by atoms with Crippen LogP contribution in [0.1, 0.15) is 31.2 Å². The van der Waals surface area contributed by atoms with Gasteiger partial charge in [-0.2, -0.15) is 0 Å². The van der Waals surface area contributed by atoms with Crippen LogP contribution in [-0.2, 0) is 0 Å². The lowest BCUT2D eigenvalue weighted by atomic mass is 9.86. The van der Waals surface area contributed by atoms with E-state index in [1.807, 2.05) is 24.2 Å². The standard InChI is InChI=1S/C12H18N2O/c1-9-6-11(7-12(15)14(9)2)10-4-3-5-13-8-10/h3-5,8-9,11-12,15H,6-7H2,1-2H3/t9-,11+,12-/m1/s1. The summed E-state index contributed by atoms with van der Waals surface area (Å²) >= 11 is 0. The molecule has 3 heteroatoms. The van der Waals surface area contributed by atoms with Crippen LogP contribution < -0.4 is 0 Å². The van der Waals surface area contributed by atoms with Crippen molar-refractivity contribution in [2.45, 2.75) is 38.0 Å². The van der Waals surface area contributed by atoms with Crippen molar-refractivity contribution in [3.8, 4) is 0 Å². The third kappa shape index (κ3) is 2.19. The highest BCUT2D eigenvalue weighted by atomic mass is 16.3. The molecule has 1 saturated heterocycles. The van der Waals surface area contributed by atoms with E-state index >= 15 is 0 Å². The highest BCUT2D eigenvalue weighted by Gasteiger charge is 2.30. The SMILES string of the molecule is C[C@@H]1C[C@H](c2cccnc2)C[C@@H](O)N1C. The summed E-state index contributed by atoms with van der Waals surface area (Å²) in [6, 6.07) is 4.49. The number of pyridine rings is 1. The van der Waals surface area contributed by atoms with E-state index in [0.29, 0.717) is 12.0 Å². The first-order chi connectivity index (χ1) is 7.18. The largest absolute Gasteiger partial charge is 0.378 e. The zero-order valence-corrected chi connectivity index (χ0v) is 9.30. The molecule has 1 fully saturated rings. The lowest BCUT2D eigenvalue weighted by Crippen LogP contribution is -2.44. The fraction of sp³-hybridized carbons (Fsp3) is 0.583. The Morgan fingerprint density at radius 1 is 1.47 bits per heavy atom. The van der Waals surface area contributed by atoms with Crippen LogP contribution in [0.4, 0.5) is 0 Å². The zero-order valence-electron chi connectivity index (χ0n) is 9.30. The molecule has 1 aromatic rings. The van der Waals surface area contributed by atoms with Crippen LogP contribution in [0.5, 0.6) is 0 Å². The fourth-order valence-corrected chi connectivity index (χ4v) is 2.28. The van der Waals surface area contributed by atoms with Crippen LogP contribution in [0.2, 0.25) is 0 Å². The summed E-state index contributed by atoms with van der Waals surface area (Å²) in [6.45, 7) is 2.16. The predicted octanol–water partition coefficient (Wildman–Crippen LogP) is 1.60. The summed E-state index contributed by atoms with van der Waals surface area (Å²) in [4.78, 5) is 6.17. The van der Waals surface area contributed by atoms with E-state index < -0.39 is 0 Å². The lowest BCUT2D eigenvalue weighted by molar-refractivity contribution is -0.0410. The molecule has 0 aliphatic carbocycles. The van der Waals surface area contributed by atoms with Gasteiger partial charge in [-0.25, -0.2) is 0 Å². The first-order valence-corrected chi connectivity index (χ1v) is 5.48. The zero-order chi connectivity index (χ0) is 10.8. The number of aliphatic hydroxyl groups is 1. The predicted molar refractivity (Wildman–Crippen MR) is 59.4 cm³/mol. The van der Waals surface area contributed by atoms with Crippen molar-refractivity contribution in [2.75, 3.05) is 7.05 Å². The molecule has 82 valence electrons. The van der Waals surface area contributed by atoms with Crippen LogP contribution in [0.15, 0.2) is 24.5 Å². The molecule has 0 saturated carbocycles. The molecule has 3 atom stereocenters. The minimum absolute atomic E-state index is 0.320. The van der Waals surface area contributed by atoms with Gasteiger partial charge in [0, 0.05) is 18.4 Å². The molecule has 0 unspecified atom stereocenters. The number of likely N-dealkylation sites (tertiary alicyclic amines) is 1. The van der Waals surface area contributed by atoms with Crippen LogP contribution in [-0.4, -0.2) is 34.3 Å². The van der Waals surface area contributed by atoms with Gasteiger partial charge in [0.15, 0.2) is 0 Å². The number of rotatable bonds is 1. The number of hydrogen-bond donors (Lipinski definition) is 1. The van der Waals surface area contributed by atoms with Gasteiger partial charge in [0.2, 0.25) is 0 Å². The first kappa shape index (κ1) is 10.6. The second-order valence-corrected chi connectivity index (χ2v) is 4.45. The average Bonchev–Trinajstić information content (AvgIpc) is 2.26. The van der Waals surface area contributed by atoms with Gasteiger partial charge in [0.05, 0.1) is 0 Å². The lowest BCUT2D eigenvalue weighted by Gasteiger charge is -2.39. The maximum Gasteiger partial charge on any atom is 0.107 e.